The van der Waals surface area contributed by atoms with Crippen LogP contribution in [0.1, 0.15) is 42.7 Å². The number of nitrogens with zero attached hydrogens (tertiary/aromatic N) is 2. The fourth-order valence-electron chi connectivity index (χ4n) is 1.72. The van der Waals surface area contributed by atoms with E-state index in [4.69, 9.17) is 10.9 Å². The van der Waals surface area contributed by atoms with Crippen LogP contribution in [0, 0.1) is 0 Å². The van der Waals surface area contributed by atoms with Crippen molar-refractivity contribution in [1.29, 1.82) is 0 Å². The number of likely N-dealkylation sites (N-methyl/N-ethyl adjacent to an activating group) is 2. The van der Waals surface area contributed by atoms with E-state index in [2.05, 4.69) is 33.5 Å². The Morgan fingerprint density at radius 3 is 1.36 bits per heavy atom. The molecule has 15 heteroatoms. The van der Waals surface area contributed by atoms with Crippen molar-refractivity contribution in [2.75, 3.05) is 66.5 Å². The molecule has 0 radical (unpaired) electrons. The van der Waals surface area contributed by atoms with Crippen LogP contribution in [0.2, 0.25) is 0 Å². The van der Waals surface area contributed by atoms with E-state index < -0.39 is 36.7 Å². The van der Waals surface area contributed by atoms with Crippen LogP contribution in [-0.2, 0) is 28.8 Å². The highest BCUT2D eigenvalue weighted by atomic mass is 16.5. The van der Waals surface area contributed by atoms with Crippen LogP contribution >= 0.6 is 0 Å². The van der Waals surface area contributed by atoms with Crippen molar-refractivity contribution in [3.63, 3.8) is 0 Å². The first-order valence-electron chi connectivity index (χ1n) is 11.6. The third-order valence-corrected chi connectivity index (χ3v) is 3.75. The van der Waals surface area contributed by atoms with E-state index >= 15 is 0 Å². The Bertz CT molecular complexity index is 698. The highest BCUT2D eigenvalue weighted by Gasteiger charge is 2.12. The number of carbonyl (C=O) groups is 6. The molecule has 0 fully saturated rings. The number of hydrogen-bond acceptors (Lipinski definition) is 9. The number of hydrogen-bond donors (Lipinski definition) is 7. The quantitative estimate of drug-likeness (QED) is 0.126. The van der Waals surface area contributed by atoms with Gasteiger partial charge in [-0.15, -0.1) is 0 Å². The first kappa shape index (κ1) is 37.3. The van der Waals surface area contributed by atoms with Crippen LogP contribution in [0.15, 0.2) is 0 Å². The molecule has 0 saturated heterocycles. The molecular weight excluding hydrogens is 476 g/mol. The number of carbonyl (C=O) groups excluding carboxylic acids is 6. The van der Waals surface area contributed by atoms with Gasteiger partial charge in [-0.2, -0.15) is 5.06 Å². The molecule has 0 bridgehead atoms. The molecular formula is C21H56N8O7. The average Bonchev–Trinajstić information content (AvgIpc) is 2.86. The van der Waals surface area contributed by atoms with E-state index in [1.165, 1.54) is 25.9 Å². The van der Waals surface area contributed by atoms with Gasteiger partial charge in [-0.1, -0.05) is 20.8 Å². The van der Waals surface area contributed by atoms with Crippen molar-refractivity contribution >= 4 is 35.4 Å². The summed E-state index contributed by atoms with van der Waals surface area (Å²) in [5, 5.41) is 21.3. The minimum atomic E-state index is -0.641. The maximum atomic E-state index is 11.8. The van der Waals surface area contributed by atoms with Crippen molar-refractivity contribution in [1.82, 2.24) is 36.5 Å². The lowest BCUT2D eigenvalue weighted by Crippen LogP contribution is -2.46. The van der Waals surface area contributed by atoms with E-state index in [9.17, 15) is 28.8 Å². The summed E-state index contributed by atoms with van der Waals surface area (Å²) in [6.45, 7) is 6.91. The third-order valence-electron chi connectivity index (χ3n) is 3.75. The minimum absolute atomic E-state index is 0. The predicted octanol–water partition coefficient (Wildman–Crippen LogP) is -1.78. The molecule has 0 heterocycles. The van der Waals surface area contributed by atoms with Gasteiger partial charge in [0.2, 0.25) is 35.4 Å². The zero-order valence-corrected chi connectivity index (χ0v) is 22.2. The van der Waals surface area contributed by atoms with Crippen molar-refractivity contribution in [3.05, 3.63) is 0 Å². The van der Waals surface area contributed by atoms with E-state index in [1.807, 2.05) is 13.8 Å². The second-order valence-electron chi connectivity index (χ2n) is 7.00. The lowest BCUT2D eigenvalue weighted by Gasteiger charge is -2.19. The molecule has 0 aliphatic carbocycles. The topological polar surface area (TPSA) is 215 Å². The third kappa shape index (κ3) is 26.9. The van der Waals surface area contributed by atoms with E-state index in [0.717, 1.165) is 18.0 Å². The standard InChI is InChI=1S/C16H29N7O7.C3H9N.C2H6.6H2/c1-11(24)17-6-12(25)18-7-13(26)19-8-14(27)20-9-15(28)21-10-16(29)22(2)4-5-23(3)30;1-2-3-4;1-2;;;;;;/h30H,4-10H2,1-3H3,(H,17,24)(H,18,25)(H,19,26)(H,20,27)(H,21,28);2-4H2,1H3;1-2H3;6*1H. The first-order chi connectivity index (χ1) is 16.9. The Balaban J connectivity index is -0.000000119. The predicted molar refractivity (Wildman–Crippen MR) is 146 cm³/mol. The molecule has 0 atom stereocenters. The van der Waals surface area contributed by atoms with Gasteiger partial charge in [-0.3, -0.25) is 28.8 Å². The molecule has 6 amide bonds. The minimum Gasteiger partial charge on any atom is -0.347 e. The summed E-state index contributed by atoms with van der Waals surface area (Å²) in [4.78, 5) is 69.9. The van der Waals surface area contributed by atoms with Crippen molar-refractivity contribution in [3.8, 4) is 0 Å². The van der Waals surface area contributed by atoms with Crippen LogP contribution < -0.4 is 32.3 Å². The monoisotopic (exact) mass is 532 g/mol. The molecule has 0 aliphatic heterocycles. The molecule has 222 valence electrons. The molecule has 36 heavy (non-hydrogen) atoms. The summed E-state index contributed by atoms with van der Waals surface area (Å²) in [6.07, 6.45) is 1.10. The number of nitrogens with one attached hydrogen (secondary N) is 5. The van der Waals surface area contributed by atoms with Gasteiger partial charge >= 0.3 is 0 Å². The lowest BCUT2D eigenvalue weighted by molar-refractivity contribution is -0.133. The van der Waals surface area contributed by atoms with Crippen LogP contribution in [0.5, 0.6) is 0 Å². The first-order valence-corrected chi connectivity index (χ1v) is 11.6. The molecule has 15 nitrogen and oxygen atoms in total. The summed E-state index contributed by atoms with van der Waals surface area (Å²) in [7, 11) is 2.96. The number of nitrogens with two attached hydrogens (primary N) is 1. The Morgan fingerprint density at radius 2 is 1.06 bits per heavy atom. The van der Waals surface area contributed by atoms with Gasteiger partial charge < -0.3 is 42.4 Å². The normalized spacial score (nSPS) is 9.36. The van der Waals surface area contributed by atoms with Gasteiger partial charge in [0.25, 0.3) is 0 Å². The van der Waals surface area contributed by atoms with Gasteiger partial charge in [0.05, 0.1) is 32.7 Å². The van der Waals surface area contributed by atoms with Crippen molar-refractivity contribution in [2.45, 2.75) is 34.1 Å². The lowest BCUT2D eigenvalue weighted by atomic mass is 10.4. The zero-order valence-electron chi connectivity index (χ0n) is 22.2. The Kier molecular flexibility index (Phi) is 25.7. The second kappa shape index (κ2) is 24.8. The summed E-state index contributed by atoms with van der Waals surface area (Å²) in [6, 6.07) is 0. The Labute approximate surface area is 221 Å². The molecule has 0 aromatic carbocycles. The van der Waals surface area contributed by atoms with Gasteiger partial charge in [-0.25, -0.2) is 0 Å². The smallest absolute Gasteiger partial charge is 0.241 e. The molecule has 0 rings (SSSR count). The van der Waals surface area contributed by atoms with Gasteiger partial charge in [0.1, 0.15) is 0 Å². The number of hydroxylamine groups is 2. The highest BCUT2D eigenvalue weighted by Crippen LogP contribution is 1.85. The van der Waals surface area contributed by atoms with Crippen LogP contribution in [0.4, 0.5) is 0 Å². The summed E-state index contributed by atoms with van der Waals surface area (Å²) in [5.74, 6) is -3.19. The largest absolute Gasteiger partial charge is 0.347 e. The molecule has 0 unspecified atom stereocenters. The Morgan fingerprint density at radius 1 is 0.722 bits per heavy atom. The molecule has 8 N–H and O–H groups in total. The fraction of sp³-hybridized carbons (Fsp3) is 0.714. The molecule has 0 saturated carbocycles. The molecule has 0 aliphatic rings. The van der Waals surface area contributed by atoms with E-state index in [0.29, 0.717) is 0 Å². The highest BCUT2D eigenvalue weighted by molar-refractivity contribution is 5.91. The average molecular weight is 533 g/mol. The van der Waals surface area contributed by atoms with Gasteiger partial charge in [0, 0.05) is 42.7 Å². The van der Waals surface area contributed by atoms with Gasteiger partial charge in [0.15, 0.2) is 0 Å². The number of amides is 6. The van der Waals surface area contributed by atoms with Crippen molar-refractivity contribution < 1.29 is 42.5 Å². The summed E-state index contributed by atoms with van der Waals surface area (Å²) >= 11 is 0. The molecule has 0 spiro atoms. The second-order valence-corrected chi connectivity index (χ2v) is 7.00. The Hall–Kier alpha value is -3.30. The summed E-state index contributed by atoms with van der Waals surface area (Å²) in [5.41, 5.74) is 5.03. The molecule has 0 aromatic rings. The SMILES string of the molecule is CC.CC(=O)NCC(=O)NCC(=O)NCC(=O)NCC(=O)NCC(=O)N(C)CCN(C)O.CCCN.[HH].[HH].[HH].[HH].[HH].[HH]. The maximum Gasteiger partial charge on any atom is 0.241 e. The van der Waals surface area contributed by atoms with E-state index in [1.54, 1.807) is 0 Å². The van der Waals surface area contributed by atoms with Crippen LogP contribution in [-0.4, -0.2) is 117 Å². The summed E-state index contributed by atoms with van der Waals surface area (Å²) < 4.78 is 0. The molecule has 0 aromatic heterocycles. The van der Waals surface area contributed by atoms with Crippen molar-refractivity contribution in [2.24, 2.45) is 5.73 Å². The number of rotatable bonds is 14. The van der Waals surface area contributed by atoms with Gasteiger partial charge in [-0.05, 0) is 13.0 Å². The maximum absolute atomic E-state index is 11.8. The van der Waals surface area contributed by atoms with E-state index in [-0.39, 0.29) is 53.1 Å². The zero-order chi connectivity index (χ0) is 28.5. The fourth-order valence-corrected chi connectivity index (χ4v) is 1.72. The van der Waals surface area contributed by atoms with Crippen LogP contribution in [0.25, 0.3) is 0 Å². The van der Waals surface area contributed by atoms with Crippen LogP contribution in [0.3, 0.4) is 0 Å².